The number of carbonyl (C=O) groups excluding carboxylic acids is 4. The molecule has 1 saturated heterocycles. The molecule has 5 atom stereocenters. The fraction of sp³-hybridized carbons (Fsp3) is 0.867. The molecule has 1 unspecified atom stereocenters. The third-order valence-corrected chi connectivity index (χ3v) is 7.97. The zero-order chi connectivity index (χ0) is 30.6. The van der Waals surface area contributed by atoms with Gasteiger partial charge >= 0.3 is 23.9 Å². The molecule has 0 aliphatic carbocycles. The highest BCUT2D eigenvalue weighted by atomic mass is 32.2. The third-order valence-electron chi connectivity index (χ3n) is 6.72. The summed E-state index contributed by atoms with van der Waals surface area (Å²) in [6.07, 6.45) is 9.69. The Balaban J connectivity index is 3.18. The van der Waals surface area contributed by atoms with E-state index in [4.69, 9.17) is 23.7 Å². The lowest BCUT2D eigenvalue weighted by Crippen LogP contribution is -2.62. The van der Waals surface area contributed by atoms with Gasteiger partial charge in [-0.1, -0.05) is 78.1 Å². The summed E-state index contributed by atoms with van der Waals surface area (Å²) in [7, 11) is 0. The Morgan fingerprint density at radius 2 is 1.05 bits per heavy atom. The summed E-state index contributed by atoms with van der Waals surface area (Å²) >= 11 is 1.40. The lowest BCUT2D eigenvalue weighted by molar-refractivity contribution is -0.237. The van der Waals surface area contributed by atoms with E-state index in [-0.39, 0.29) is 6.61 Å². The first-order valence-corrected chi connectivity index (χ1v) is 16.1. The molecule has 238 valence electrons. The monoisotopic (exact) mass is 603 g/mol. The first-order chi connectivity index (χ1) is 19.6. The summed E-state index contributed by atoms with van der Waals surface area (Å²) in [6.45, 7) is 10.8. The molecule has 0 amide bonds. The predicted octanol–water partition coefficient (Wildman–Crippen LogP) is 5.74. The number of ether oxygens (including phenoxy) is 5. The summed E-state index contributed by atoms with van der Waals surface area (Å²) in [6, 6.07) is 0. The molecule has 0 spiro atoms. The van der Waals surface area contributed by atoms with Crippen molar-refractivity contribution < 1.29 is 42.9 Å². The van der Waals surface area contributed by atoms with Crippen molar-refractivity contribution >= 4 is 35.8 Å². The van der Waals surface area contributed by atoms with Crippen molar-refractivity contribution in [3.63, 3.8) is 0 Å². The molecule has 1 heterocycles. The van der Waals surface area contributed by atoms with Crippen molar-refractivity contribution in [2.75, 3.05) is 19.7 Å². The van der Waals surface area contributed by atoms with Crippen LogP contribution >= 0.6 is 11.9 Å². The van der Waals surface area contributed by atoms with Gasteiger partial charge in [0.25, 0.3) is 0 Å². The molecular formula is C30H53NO9S. The van der Waals surface area contributed by atoms with Gasteiger partial charge < -0.3 is 23.7 Å². The van der Waals surface area contributed by atoms with Crippen molar-refractivity contribution in [1.82, 2.24) is 4.31 Å². The molecule has 1 rings (SSSR count). The average Bonchev–Trinajstić information content (AvgIpc) is 2.89. The van der Waals surface area contributed by atoms with Gasteiger partial charge in [0.15, 0.2) is 23.7 Å². The lowest BCUT2D eigenvalue weighted by Gasteiger charge is -2.45. The number of hydrogen-bond acceptors (Lipinski definition) is 11. The molecule has 1 fully saturated rings. The molecule has 0 bridgehead atoms. The van der Waals surface area contributed by atoms with Crippen molar-refractivity contribution in [3.05, 3.63) is 0 Å². The summed E-state index contributed by atoms with van der Waals surface area (Å²) in [5.74, 6) is -2.38. The first-order valence-electron chi connectivity index (χ1n) is 15.3. The van der Waals surface area contributed by atoms with Gasteiger partial charge in [0, 0.05) is 40.8 Å². The van der Waals surface area contributed by atoms with E-state index >= 15 is 0 Å². The Kier molecular flexibility index (Phi) is 19.8. The van der Waals surface area contributed by atoms with E-state index in [0.29, 0.717) is 0 Å². The molecule has 0 saturated carbocycles. The molecular weight excluding hydrogens is 550 g/mol. The highest BCUT2D eigenvalue weighted by Crippen LogP contribution is 2.36. The van der Waals surface area contributed by atoms with Gasteiger partial charge in [-0.05, 0) is 24.8 Å². The maximum Gasteiger partial charge on any atom is 0.303 e. The fourth-order valence-corrected chi connectivity index (χ4v) is 6.06. The quantitative estimate of drug-likeness (QED) is 0.0692. The van der Waals surface area contributed by atoms with Crippen LogP contribution in [-0.4, -0.2) is 77.7 Å². The minimum Gasteiger partial charge on any atom is -0.463 e. The molecule has 11 heteroatoms. The van der Waals surface area contributed by atoms with E-state index in [1.807, 2.05) is 0 Å². The van der Waals surface area contributed by atoms with Crippen LogP contribution in [0.25, 0.3) is 0 Å². The Bertz CT molecular complexity index is 765. The van der Waals surface area contributed by atoms with Crippen LogP contribution < -0.4 is 0 Å². The fourth-order valence-electron chi connectivity index (χ4n) is 4.77. The Morgan fingerprint density at radius 3 is 1.51 bits per heavy atom. The number of nitrogens with zero attached hydrogens (tertiary/aromatic N) is 1. The topological polar surface area (TPSA) is 118 Å². The second kappa shape index (κ2) is 21.8. The van der Waals surface area contributed by atoms with Crippen LogP contribution in [0.4, 0.5) is 0 Å². The van der Waals surface area contributed by atoms with E-state index in [9.17, 15) is 19.2 Å². The number of esters is 4. The smallest absolute Gasteiger partial charge is 0.303 e. The predicted molar refractivity (Wildman–Crippen MR) is 158 cm³/mol. The van der Waals surface area contributed by atoms with E-state index in [0.717, 1.165) is 38.8 Å². The van der Waals surface area contributed by atoms with E-state index in [2.05, 4.69) is 18.2 Å². The van der Waals surface area contributed by atoms with Crippen LogP contribution in [0, 0.1) is 0 Å². The first kappa shape index (κ1) is 37.2. The van der Waals surface area contributed by atoms with E-state index in [1.165, 1.54) is 91.0 Å². The Hall–Kier alpha value is -1.85. The van der Waals surface area contributed by atoms with Crippen molar-refractivity contribution in [1.29, 1.82) is 0 Å². The van der Waals surface area contributed by atoms with Crippen molar-refractivity contribution in [2.24, 2.45) is 0 Å². The van der Waals surface area contributed by atoms with Gasteiger partial charge in [-0.15, -0.1) is 0 Å². The molecule has 41 heavy (non-hydrogen) atoms. The SMILES string of the molecule is CCCCCCCCN(CCCCCCCC)S[C@@H]1O[C@H](COC(C)=O)C(OC(C)=O)[C@H](OC(C)=O)[C@H]1OC(C)=O. The maximum absolute atomic E-state index is 12.2. The van der Waals surface area contributed by atoms with Gasteiger partial charge in [-0.2, -0.15) is 0 Å². The summed E-state index contributed by atoms with van der Waals surface area (Å²) in [5, 5.41) is 0. The number of carbonyl (C=O) groups is 4. The number of unbranched alkanes of at least 4 members (excludes halogenated alkanes) is 10. The molecule has 0 N–H and O–H groups in total. The highest BCUT2D eigenvalue weighted by Gasteiger charge is 2.52. The van der Waals surface area contributed by atoms with Crippen LogP contribution in [0.5, 0.6) is 0 Å². The minimum atomic E-state index is -1.14. The van der Waals surface area contributed by atoms with Crippen LogP contribution in [0.15, 0.2) is 0 Å². The zero-order valence-electron chi connectivity index (χ0n) is 26.0. The number of hydrogen-bond donors (Lipinski definition) is 0. The largest absolute Gasteiger partial charge is 0.463 e. The second-order valence-corrected chi connectivity index (χ2v) is 11.8. The van der Waals surface area contributed by atoms with Gasteiger partial charge in [0.1, 0.15) is 12.7 Å². The normalized spacial score (nSPS) is 22.3. The molecule has 10 nitrogen and oxygen atoms in total. The summed E-state index contributed by atoms with van der Waals surface area (Å²) in [5.41, 5.74) is -0.782. The van der Waals surface area contributed by atoms with Crippen LogP contribution in [0.1, 0.15) is 119 Å². The summed E-state index contributed by atoms with van der Waals surface area (Å²) < 4.78 is 30.5. The van der Waals surface area contributed by atoms with Gasteiger partial charge in [0.2, 0.25) is 0 Å². The van der Waals surface area contributed by atoms with Crippen molar-refractivity contribution in [2.45, 2.75) is 148 Å². The average molecular weight is 604 g/mol. The van der Waals surface area contributed by atoms with Gasteiger partial charge in [-0.3, -0.25) is 19.2 Å². The van der Waals surface area contributed by atoms with Crippen LogP contribution in [0.2, 0.25) is 0 Å². The summed E-state index contributed by atoms with van der Waals surface area (Å²) in [4.78, 5) is 47.9. The Labute approximate surface area is 251 Å². The van der Waals surface area contributed by atoms with Gasteiger partial charge in [-0.25, -0.2) is 4.31 Å². The molecule has 1 aliphatic heterocycles. The molecule has 0 aromatic heterocycles. The molecule has 0 aromatic rings. The zero-order valence-corrected chi connectivity index (χ0v) is 26.8. The molecule has 0 radical (unpaired) electrons. The Morgan fingerprint density at radius 1 is 0.610 bits per heavy atom. The van der Waals surface area contributed by atoms with E-state index in [1.54, 1.807) is 0 Å². The van der Waals surface area contributed by atoms with Crippen molar-refractivity contribution in [3.8, 4) is 0 Å². The second-order valence-electron chi connectivity index (χ2n) is 10.6. The molecule has 1 aliphatic rings. The lowest BCUT2D eigenvalue weighted by atomic mass is 9.99. The van der Waals surface area contributed by atoms with Crippen LogP contribution in [-0.2, 0) is 42.9 Å². The van der Waals surface area contributed by atoms with E-state index < -0.39 is 53.7 Å². The third kappa shape index (κ3) is 16.4. The van der Waals surface area contributed by atoms with Gasteiger partial charge in [0.05, 0.1) is 0 Å². The minimum absolute atomic E-state index is 0.218. The standard InChI is InChI=1S/C30H53NO9S/c1-7-9-11-13-15-17-19-31(20-18-16-14-12-10-8-2)41-30-29(39-25(6)35)28(38-24(5)34)27(37-23(4)33)26(40-30)21-36-22(3)32/h26-30H,7-21H2,1-6H3/t26-,27?,28+,29-,30+/m1/s1. The highest BCUT2D eigenvalue weighted by molar-refractivity contribution is 7.97. The number of rotatable bonds is 21. The van der Waals surface area contributed by atoms with Crippen LogP contribution in [0.3, 0.4) is 0 Å². The molecule has 0 aromatic carbocycles. The maximum atomic E-state index is 12.2.